The summed E-state index contributed by atoms with van der Waals surface area (Å²) in [5, 5.41) is -0.0466. The molecule has 1 atom stereocenters. The van der Waals surface area contributed by atoms with Crippen LogP contribution in [0, 0.1) is 0 Å². The largest absolute Gasteiger partial charge is 0.492 e. The highest BCUT2D eigenvalue weighted by molar-refractivity contribution is 8.00. The Balaban J connectivity index is 1.99. The Hall–Kier alpha value is -2.14. The maximum atomic E-state index is 12.4. The van der Waals surface area contributed by atoms with Gasteiger partial charge in [0.25, 0.3) is 0 Å². The quantitative estimate of drug-likeness (QED) is 0.878. The lowest BCUT2D eigenvalue weighted by Crippen LogP contribution is -2.28. The van der Waals surface area contributed by atoms with Gasteiger partial charge in [-0.2, -0.15) is 0 Å². The van der Waals surface area contributed by atoms with Crippen LogP contribution in [0.2, 0.25) is 0 Å². The number of anilines is 2. The highest BCUT2D eigenvalue weighted by Gasteiger charge is 2.35. The fraction of sp³-hybridized carbons (Fsp3) is 0.235. The van der Waals surface area contributed by atoms with Crippen LogP contribution in [0.15, 0.2) is 48.5 Å². The number of carbonyl (C=O) groups excluding carboxylic acids is 1. The van der Waals surface area contributed by atoms with Crippen molar-refractivity contribution < 1.29 is 9.53 Å². The lowest BCUT2D eigenvalue weighted by Gasteiger charge is -2.26. The van der Waals surface area contributed by atoms with Gasteiger partial charge < -0.3 is 10.5 Å². The van der Waals surface area contributed by atoms with Crippen LogP contribution in [0.25, 0.3) is 0 Å². The van der Waals surface area contributed by atoms with E-state index < -0.39 is 0 Å². The number of hydrogen-bond acceptors (Lipinski definition) is 4. The standard InChI is InChI=1S/C17H18N2O2S/c1-2-21-15-6-4-3-5-14(15)19-16(20)11-22-17(19)12-7-9-13(18)10-8-12/h3-10,17H,2,11,18H2,1H3. The highest BCUT2D eigenvalue weighted by atomic mass is 32.2. The first-order chi connectivity index (χ1) is 10.7. The van der Waals surface area contributed by atoms with E-state index in [4.69, 9.17) is 10.5 Å². The van der Waals surface area contributed by atoms with Crippen molar-refractivity contribution in [1.29, 1.82) is 0 Å². The molecule has 2 aromatic rings. The number of nitrogens with zero attached hydrogens (tertiary/aromatic N) is 1. The van der Waals surface area contributed by atoms with E-state index in [1.165, 1.54) is 0 Å². The maximum absolute atomic E-state index is 12.4. The van der Waals surface area contributed by atoms with Crippen LogP contribution in [-0.4, -0.2) is 18.3 Å². The van der Waals surface area contributed by atoms with E-state index in [2.05, 4.69) is 0 Å². The molecule has 1 saturated heterocycles. The molecule has 0 saturated carbocycles. The van der Waals surface area contributed by atoms with Gasteiger partial charge in [0.15, 0.2) is 0 Å². The minimum Gasteiger partial charge on any atom is -0.492 e. The van der Waals surface area contributed by atoms with Crippen molar-refractivity contribution in [2.75, 3.05) is 23.0 Å². The molecule has 0 bridgehead atoms. The molecule has 0 aromatic heterocycles. The second-order valence-electron chi connectivity index (χ2n) is 4.99. The zero-order valence-electron chi connectivity index (χ0n) is 12.4. The molecule has 1 unspecified atom stereocenters. The molecule has 2 aromatic carbocycles. The summed E-state index contributed by atoms with van der Waals surface area (Å²) >= 11 is 1.62. The number of benzene rings is 2. The van der Waals surface area contributed by atoms with E-state index in [0.717, 1.165) is 22.7 Å². The van der Waals surface area contributed by atoms with E-state index in [0.29, 0.717) is 12.4 Å². The van der Waals surface area contributed by atoms with E-state index in [1.54, 1.807) is 11.8 Å². The van der Waals surface area contributed by atoms with Gasteiger partial charge in [0.2, 0.25) is 5.91 Å². The van der Waals surface area contributed by atoms with Gasteiger partial charge in [0.05, 0.1) is 18.0 Å². The van der Waals surface area contributed by atoms with E-state index in [1.807, 2.05) is 60.4 Å². The average molecular weight is 314 g/mol. The third-order valence-electron chi connectivity index (χ3n) is 3.51. The highest BCUT2D eigenvalue weighted by Crippen LogP contribution is 2.44. The SMILES string of the molecule is CCOc1ccccc1N1C(=O)CSC1c1ccc(N)cc1. The van der Waals surface area contributed by atoms with Crippen molar-refractivity contribution in [3.05, 3.63) is 54.1 Å². The summed E-state index contributed by atoms with van der Waals surface area (Å²) < 4.78 is 5.68. The fourth-order valence-electron chi connectivity index (χ4n) is 2.53. The first-order valence-corrected chi connectivity index (χ1v) is 8.26. The van der Waals surface area contributed by atoms with Crippen LogP contribution in [0.4, 0.5) is 11.4 Å². The zero-order chi connectivity index (χ0) is 15.5. The molecule has 1 fully saturated rings. The van der Waals surface area contributed by atoms with Gasteiger partial charge in [-0.25, -0.2) is 0 Å². The van der Waals surface area contributed by atoms with Gasteiger partial charge in [0.1, 0.15) is 11.1 Å². The molecular formula is C17H18N2O2S. The van der Waals surface area contributed by atoms with Crippen molar-refractivity contribution in [3.8, 4) is 5.75 Å². The van der Waals surface area contributed by atoms with Crippen molar-refractivity contribution in [1.82, 2.24) is 0 Å². The number of nitrogen functional groups attached to an aromatic ring is 1. The molecule has 1 aliphatic heterocycles. The molecule has 1 heterocycles. The predicted octanol–water partition coefficient (Wildman–Crippen LogP) is 3.45. The molecule has 3 rings (SSSR count). The molecule has 2 N–H and O–H groups in total. The van der Waals surface area contributed by atoms with Crippen molar-refractivity contribution >= 4 is 29.0 Å². The zero-order valence-corrected chi connectivity index (χ0v) is 13.2. The molecule has 114 valence electrons. The summed E-state index contributed by atoms with van der Waals surface area (Å²) in [6.45, 7) is 2.51. The van der Waals surface area contributed by atoms with Crippen LogP contribution in [0.1, 0.15) is 17.9 Å². The van der Waals surface area contributed by atoms with E-state index in [9.17, 15) is 4.79 Å². The lowest BCUT2D eigenvalue weighted by molar-refractivity contribution is -0.115. The Labute approximate surface area is 134 Å². The molecule has 4 nitrogen and oxygen atoms in total. The van der Waals surface area contributed by atoms with Crippen LogP contribution < -0.4 is 15.4 Å². The third kappa shape index (κ3) is 2.76. The van der Waals surface area contributed by atoms with Gasteiger partial charge in [-0.3, -0.25) is 9.69 Å². The molecule has 0 aliphatic carbocycles. The molecule has 5 heteroatoms. The van der Waals surface area contributed by atoms with Crippen molar-refractivity contribution in [2.45, 2.75) is 12.3 Å². The van der Waals surface area contributed by atoms with Crippen LogP contribution in [0.3, 0.4) is 0 Å². The van der Waals surface area contributed by atoms with Crippen LogP contribution in [-0.2, 0) is 4.79 Å². The van der Waals surface area contributed by atoms with Gasteiger partial charge in [-0.15, -0.1) is 11.8 Å². The Bertz CT molecular complexity index is 673. The number of amides is 1. The Morgan fingerprint density at radius 3 is 2.68 bits per heavy atom. The predicted molar refractivity (Wildman–Crippen MR) is 91.2 cm³/mol. The second-order valence-corrected chi connectivity index (χ2v) is 6.06. The number of ether oxygens (including phenoxy) is 1. The molecule has 0 spiro atoms. The van der Waals surface area contributed by atoms with Gasteiger partial charge in [-0.05, 0) is 36.8 Å². The van der Waals surface area contributed by atoms with Crippen LogP contribution in [0.5, 0.6) is 5.75 Å². The smallest absolute Gasteiger partial charge is 0.238 e. The fourth-order valence-corrected chi connectivity index (χ4v) is 3.69. The van der Waals surface area contributed by atoms with Gasteiger partial charge >= 0.3 is 0 Å². The topological polar surface area (TPSA) is 55.6 Å². The number of nitrogens with two attached hydrogens (primary N) is 1. The summed E-state index contributed by atoms with van der Waals surface area (Å²) in [4.78, 5) is 14.2. The first kappa shape index (κ1) is 14.8. The maximum Gasteiger partial charge on any atom is 0.238 e. The Morgan fingerprint density at radius 1 is 1.23 bits per heavy atom. The molecule has 1 amide bonds. The summed E-state index contributed by atoms with van der Waals surface area (Å²) in [6.07, 6.45) is 0. The van der Waals surface area contributed by atoms with E-state index in [-0.39, 0.29) is 11.3 Å². The summed E-state index contributed by atoms with van der Waals surface area (Å²) in [7, 11) is 0. The van der Waals surface area contributed by atoms with Crippen molar-refractivity contribution in [3.63, 3.8) is 0 Å². The van der Waals surface area contributed by atoms with Crippen molar-refractivity contribution in [2.24, 2.45) is 0 Å². The van der Waals surface area contributed by atoms with E-state index >= 15 is 0 Å². The minimum atomic E-state index is -0.0466. The number of para-hydroxylation sites is 2. The number of hydrogen-bond donors (Lipinski definition) is 1. The normalized spacial score (nSPS) is 17.8. The van der Waals surface area contributed by atoms with Crippen LogP contribution >= 0.6 is 11.8 Å². The molecule has 1 aliphatic rings. The summed E-state index contributed by atoms with van der Waals surface area (Å²) in [6, 6.07) is 15.4. The molecule has 0 radical (unpaired) electrons. The average Bonchev–Trinajstić information content (AvgIpc) is 2.91. The first-order valence-electron chi connectivity index (χ1n) is 7.21. The minimum absolute atomic E-state index is 0.0466. The summed E-state index contributed by atoms with van der Waals surface area (Å²) in [5.74, 6) is 1.30. The Morgan fingerprint density at radius 2 is 1.95 bits per heavy atom. The number of thioether (sulfide) groups is 1. The van der Waals surface area contributed by atoms with Gasteiger partial charge in [-0.1, -0.05) is 24.3 Å². The number of carbonyl (C=O) groups is 1. The molecular weight excluding hydrogens is 296 g/mol. The summed E-state index contributed by atoms with van der Waals surface area (Å²) in [5.41, 5.74) is 8.36. The van der Waals surface area contributed by atoms with Gasteiger partial charge in [0, 0.05) is 5.69 Å². The molecule has 22 heavy (non-hydrogen) atoms. The second kappa shape index (κ2) is 6.32. The lowest BCUT2D eigenvalue weighted by atomic mass is 10.1. The third-order valence-corrected chi connectivity index (χ3v) is 4.73. The number of rotatable bonds is 4. The monoisotopic (exact) mass is 314 g/mol. The Kier molecular flexibility index (Phi) is 4.24.